The Kier molecular flexibility index (Phi) is 4.45. The Balaban J connectivity index is 1.75. The van der Waals surface area contributed by atoms with Crippen LogP contribution in [0.2, 0.25) is 5.02 Å². The van der Waals surface area contributed by atoms with Crippen molar-refractivity contribution in [2.45, 2.75) is 26.3 Å². The summed E-state index contributed by atoms with van der Waals surface area (Å²) in [5.74, 6) is 0.370. The third kappa shape index (κ3) is 3.15. The van der Waals surface area contributed by atoms with E-state index in [-0.39, 0.29) is 5.82 Å². The van der Waals surface area contributed by atoms with Crippen molar-refractivity contribution in [2.24, 2.45) is 0 Å². The van der Waals surface area contributed by atoms with Crippen LogP contribution in [0.1, 0.15) is 24.0 Å². The number of carbonyl (C=O) groups excluding carboxylic acids is 3. The molecule has 2 aromatic rings. The van der Waals surface area contributed by atoms with Crippen LogP contribution in [-0.4, -0.2) is 34.3 Å². The molecule has 2 N–H and O–H groups in total. The van der Waals surface area contributed by atoms with E-state index in [1.165, 1.54) is 12.3 Å². The summed E-state index contributed by atoms with van der Waals surface area (Å²) in [5, 5.41) is 5.59. The number of pyridine rings is 1. The molecule has 3 heterocycles. The maximum atomic E-state index is 12.8. The molecular formula is C17H17ClN4O4. The fourth-order valence-corrected chi connectivity index (χ4v) is 3.04. The first-order chi connectivity index (χ1) is 12.2. The molecule has 1 aliphatic heterocycles. The molecule has 3 rings (SSSR count). The number of aryl methyl sites for hydroxylation is 2. The molecule has 26 heavy (non-hydrogen) atoms. The molecule has 0 aromatic carbocycles. The number of carbonyl (C=O) groups is 3. The molecule has 0 saturated carbocycles. The number of furan rings is 1. The average Bonchev–Trinajstić information content (AvgIpc) is 3.02. The molecule has 0 bridgehead atoms. The van der Waals surface area contributed by atoms with E-state index >= 15 is 0 Å². The predicted molar refractivity (Wildman–Crippen MR) is 93.7 cm³/mol. The highest BCUT2D eigenvalue weighted by Gasteiger charge is 2.51. The highest BCUT2D eigenvalue weighted by Crippen LogP contribution is 2.32. The first-order valence-electron chi connectivity index (χ1n) is 7.84. The van der Waals surface area contributed by atoms with Gasteiger partial charge >= 0.3 is 6.03 Å². The van der Waals surface area contributed by atoms with E-state index in [4.69, 9.17) is 16.0 Å². The van der Waals surface area contributed by atoms with Gasteiger partial charge in [0.15, 0.2) is 0 Å². The van der Waals surface area contributed by atoms with Gasteiger partial charge in [-0.15, -0.1) is 0 Å². The van der Waals surface area contributed by atoms with Gasteiger partial charge in [-0.05, 0) is 39.0 Å². The van der Waals surface area contributed by atoms with Gasteiger partial charge < -0.3 is 15.1 Å². The Labute approximate surface area is 154 Å². The third-order valence-electron chi connectivity index (χ3n) is 4.15. The van der Waals surface area contributed by atoms with Gasteiger partial charge in [-0.3, -0.25) is 14.5 Å². The lowest BCUT2D eigenvalue weighted by molar-refractivity contribution is -0.133. The molecule has 4 amide bonds. The molecule has 0 spiro atoms. The number of hydrogen-bond acceptors (Lipinski definition) is 5. The van der Waals surface area contributed by atoms with Crippen molar-refractivity contribution in [1.82, 2.24) is 15.2 Å². The van der Waals surface area contributed by atoms with Gasteiger partial charge in [-0.1, -0.05) is 11.6 Å². The number of hydrogen-bond donors (Lipinski definition) is 2. The highest BCUT2D eigenvalue weighted by atomic mass is 35.5. The van der Waals surface area contributed by atoms with Gasteiger partial charge in [0.05, 0.1) is 5.02 Å². The number of urea groups is 1. The summed E-state index contributed by atoms with van der Waals surface area (Å²) in [5.41, 5.74) is -0.715. The van der Waals surface area contributed by atoms with Crippen molar-refractivity contribution in [1.29, 1.82) is 0 Å². The Bertz CT molecular complexity index is 893. The van der Waals surface area contributed by atoms with E-state index in [2.05, 4.69) is 15.6 Å². The fraction of sp³-hybridized carbons (Fsp3) is 0.294. The van der Waals surface area contributed by atoms with Gasteiger partial charge in [-0.2, -0.15) is 0 Å². The molecule has 1 fully saturated rings. The summed E-state index contributed by atoms with van der Waals surface area (Å²) in [6.45, 7) is 4.63. The van der Waals surface area contributed by atoms with E-state index in [9.17, 15) is 14.4 Å². The van der Waals surface area contributed by atoms with Crippen LogP contribution >= 0.6 is 11.6 Å². The van der Waals surface area contributed by atoms with Crippen molar-refractivity contribution >= 4 is 35.3 Å². The van der Waals surface area contributed by atoms with Crippen LogP contribution in [0, 0.1) is 13.8 Å². The molecular weight excluding hydrogens is 360 g/mol. The average molecular weight is 377 g/mol. The molecule has 0 radical (unpaired) electrons. The second-order valence-corrected chi connectivity index (χ2v) is 6.62. The number of nitrogens with one attached hydrogen (secondary N) is 2. The summed E-state index contributed by atoms with van der Waals surface area (Å²) in [4.78, 5) is 42.1. The van der Waals surface area contributed by atoms with Gasteiger partial charge in [0.25, 0.3) is 5.91 Å². The van der Waals surface area contributed by atoms with Crippen LogP contribution in [0.5, 0.6) is 0 Å². The maximum absolute atomic E-state index is 12.8. The van der Waals surface area contributed by atoms with E-state index in [0.717, 1.165) is 4.90 Å². The minimum absolute atomic E-state index is 0.274. The van der Waals surface area contributed by atoms with E-state index in [1.807, 2.05) is 0 Å². The summed E-state index contributed by atoms with van der Waals surface area (Å²) in [6.07, 6.45) is 1.38. The van der Waals surface area contributed by atoms with Crippen LogP contribution in [0.15, 0.2) is 28.8 Å². The summed E-state index contributed by atoms with van der Waals surface area (Å²) >= 11 is 5.74. The zero-order valence-corrected chi connectivity index (χ0v) is 15.2. The van der Waals surface area contributed by atoms with E-state index in [0.29, 0.717) is 22.1 Å². The van der Waals surface area contributed by atoms with Crippen molar-refractivity contribution in [3.63, 3.8) is 0 Å². The number of anilines is 1. The van der Waals surface area contributed by atoms with Crippen LogP contribution < -0.4 is 10.6 Å². The van der Waals surface area contributed by atoms with Gasteiger partial charge in [-0.25, -0.2) is 9.78 Å². The lowest BCUT2D eigenvalue weighted by Crippen LogP contribution is -2.42. The minimum Gasteiger partial charge on any atom is -0.466 e. The number of rotatable bonds is 4. The molecule has 1 atom stereocenters. The lowest BCUT2D eigenvalue weighted by Gasteiger charge is -2.21. The molecule has 8 nitrogen and oxygen atoms in total. The summed E-state index contributed by atoms with van der Waals surface area (Å²) in [6, 6.07) is 4.15. The maximum Gasteiger partial charge on any atom is 0.325 e. The van der Waals surface area contributed by atoms with Crippen LogP contribution in [0.4, 0.5) is 10.6 Å². The Morgan fingerprint density at radius 3 is 2.69 bits per heavy atom. The Hall–Kier alpha value is -2.87. The van der Waals surface area contributed by atoms with Gasteiger partial charge in [0, 0.05) is 11.8 Å². The Morgan fingerprint density at radius 1 is 1.38 bits per heavy atom. The number of halogens is 1. The second kappa shape index (κ2) is 6.45. The highest BCUT2D eigenvalue weighted by molar-refractivity contribution is 6.30. The molecule has 1 saturated heterocycles. The SMILES string of the molecule is Cc1cc([C@@]2(C)NC(=O)N(CC(=O)Nc3ccc(Cl)cn3)C2=O)c(C)o1. The molecule has 2 aromatic heterocycles. The van der Waals surface area contributed by atoms with Crippen LogP contribution in [0.3, 0.4) is 0 Å². The third-order valence-corrected chi connectivity index (χ3v) is 4.37. The molecule has 0 unspecified atom stereocenters. The molecule has 1 aliphatic rings. The zero-order valence-electron chi connectivity index (χ0n) is 14.4. The second-order valence-electron chi connectivity index (χ2n) is 6.18. The molecule has 0 aliphatic carbocycles. The first-order valence-corrected chi connectivity index (χ1v) is 8.21. The minimum atomic E-state index is -1.28. The number of imide groups is 1. The molecule has 9 heteroatoms. The van der Waals surface area contributed by atoms with Crippen molar-refractivity contribution in [3.8, 4) is 0 Å². The summed E-state index contributed by atoms with van der Waals surface area (Å²) < 4.78 is 5.46. The van der Waals surface area contributed by atoms with Crippen LogP contribution in [-0.2, 0) is 15.1 Å². The van der Waals surface area contributed by atoms with Gasteiger partial charge in [0.2, 0.25) is 5.91 Å². The summed E-state index contributed by atoms with van der Waals surface area (Å²) in [7, 11) is 0. The first kappa shape index (κ1) is 17.9. The van der Waals surface area contributed by atoms with Crippen molar-refractivity contribution < 1.29 is 18.8 Å². The van der Waals surface area contributed by atoms with Gasteiger partial charge in [0.1, 0.15) is 29.4 Å². The quantitative estimate of drug-likeness (QED) is 0.797. The Morgan fingerprint density at radius 2 is 2.12 bits per heavy atom. The van der Waals surface area contributed by atoms with E-state index < -0.39 is 29.9 Å². The fourth-order valence-electron chi connectivity index (χ4n) is 2.93. The largest absolute Gasteiger partial charge is 0.466 e. The normalized spacial score (nSPS) is 19.6. The van der Waals surface area contributed by atoms with Crippen LogP contribution in [0.25, 0.3) is 0 Å². The van der Waals surface area contributed by atoms with Crippen molar-refractivity contribution in [3.05, 3.63) is 46.5 Å². The van der Waals surface area contributed by atoms with Crippen molar-refractivity contribution in [2.75, 3.05) is 11.9 Å². The number of amides is 4. The van der Waals surface area contributed by atoms with E-state index in [1.54, 1.807) is 32.9 Å². The lowest BCUT2D eigenvalue weighted by atomic mass is 9.92. The number of nitrogens with zero attached hydrogens (tertiary/aromatic N) is 2. The monoisotopic (exact) mass is 376 g/mol. The standard InChI is InChI=1S/C17H17ClN4O4/c1-9-6-12(10(2)26-9)17(3)15(24)22(16(25)21-17)8-14(23)20-13-5-4-11(18)7-19-13/h4-7H,8H2,1-3H3,(H,21,25)(H,19,20,23)/t17-/m1/s1. The number of aromatic nitrogens is 1. The topological polar surface area (TPSA) is 105 Å². The predicted octanol–water partition coefficient (Wildman–Crippen LogP) is 2.35. The zero-order chi connectivity index (χ0) is 19.1. The molecule has 136 valence electrons. The smallest absolute Gasteiger partial charge is 0.325 e.